The summed E-state index contributed by atoms with van der Waals surface area (Å²) in [5.74, 6) is 0. The second kappa shape index (κ2) is 2.70. The molecule has 2 aromatic heterocycles. The van der Waals surface area contributed by atoms with E-state index in [1.54, 1.807) is 0 Å². The van der Waals surface area contributed by atoms with Crippen molar-refractivity contribution in [3.63, 3.8) is 0 Å². The van der Waals surface area contributed by atoms with Crippen LogP contribution in [-0.2, 0) is 0 Å². The third-order valence-corrected chi connectivity index (χ3v) is 2.04. The Morgan fingerprint density at radius 1 is 1.21 bits per heavy atom. The fraction of sp³-hybridized carbons (Fsp3) is 0. The fourth-order valence-corrected chi connectivity index (χ4v) is 1.39. The molecular weight excluding hydrogens is 180 g/mol. The van der Waals surface area contributed by atoms with Gasteiger partial charge in [0.25, 0.3) is 0 Å². The summed E-state index contributed by atoms with van der Waals surface area (Å²) in [6, 6.07) is 7.66. The average molecular weight is 185 g/mol. The van der Waals surface area contributed by atoms with Gasteiger partial charge in [-0.25, -0.2) is 0 Å². The highest BCUT2D eigenvalue weighted by Crippen LogP contribution is 2.27. The highest BCUT2D eigenvalue weighted by Gasteiger charge is 2.10. The van der Waals surface area contributed by atoms with Crippen molar-refractivity contribution in [3.8, 4) is 11.3 Å². The second-order valence-electron chi connectivity index (χ2n) is 2.87. The first-order chi connectivity index (χ1) is 6.95. The lowest BCUT2D eigenvalue weighted by Gasteiger charge is -1.88. The van der Waals surface area contributed by atoms with Crippen LogP contribution in [0.25, 0.3) is 22.2 Å². The van der Waals surface area contributed by atoms with Gasteiger partial charge in [0.2, 0.25) is 0 Å². The SMILES string of the molecule is [c]1oc2ccccc2c1-c1conn1. The number of hydrogen-bond donors (Lipinski definition) is 0. The number of nitrogens with zero attached hydrogens (tertiary/aromatic N) is 2. The molecule has 0 bridgehead atoms. The molecule has 0 unspecified atom stereocenters. The Balaban J connectivity index is 2.33. The molecule has 1 radical (unpaired) electrons. The van der Waals surface area contributed by atoms with Gasteiger partial charge in [0.1, 0.15) is 11.3 Å². The highest BCUT2D eigenvalue weighted by atomic mass is 16.5. The number of hydrogen-bond acceptors (Lipinski definition) is 4. The maximum atomic E-state index is 5.24. The van der Waals surface area contributed by atoms with Gasteiger partial charge in [-0.05, 0) is 6.07 Å². The van der Waals surface area contributed by atoms with Crippen molar-refractivity contribution in [2.45, 2.75) is 0 Å². The highest BCUT2D eigenvalue weighted by molar-refractivity contribution is 5.92. The first kappa shape index (κ1) is 7.32. The Labute approximate surface area is 79.1 Å². The van der Waals surface area contributed by atoms with E-state index in [0.29, 0.717) is 5.69 Å². The van der Waals surface area contributed by atoms with Crippen LogP contribution in [0.5, 0.6) is 0 Å². The van der Waals surface area contributed by atoms with Crippen molar-refractivity contribution in [3.05, 3.63) is 36.8 Å². The van der Waals surface area contributed by atoms with Crippen LogP contribution in [0.4, 0.5) is 0 Å². The molecule has 0 amide bonds. The Hall–Kier alpha value is -2.10. The summed E-state index contributed by atoms with van der Waals surface area (Å²) >= 11 is 0. The molecule has 4 heteroatoms. The number of para-hydroxylation sites is 1. The Bertz CT molecular complexity index is 554. The van der Waals surface area contributed by atoms with E-state index in [1.807, 2.05) is 24.3 Å². The molecule has 0 N–H and O–H groups in total. The van der Waals surface area contributed by atoms with Crippen LogP contribution in [0, 0.1) is 6.26 Å². The molecule has 3 rings (SSSR count). The number of furan rings is 1. The van der Waals surface area contributed by atoms with Crippen LogP contribution in [0.2, 0.25) is 0 Å². The summed E-state index contributed by atoms with van der Waals surface area (Å²) < 4.78 is 9.90. The molecule has 2 heterocycles. The van der Waals surface area contributed by atoms with Gasteiger partial charge in [0.15, 0.2) is 12.5 Å². The largest absolute Gasteiger partial charge is 0.452 e. The van der Waals surface area contributed by atoms with Crippen molar-refractivity contribution in [1.82, 2.24) is 10.4 Å². The van der Waals surface area contributed by atoms with E-state index in [-0.39, 0.29) is 0 Å². The van der Waals surface area contributed by atoms with Crippen LogP contribution >= 0.6 is 0 Å². The molecule has 0 fully saturated rings. The van der Waals surface area contributed by atoms with Gasteiger partial charge in [-0.2, -0.15) is 0 Å². The standard InChI is InChI=1S/C10H5N2O2/c1-2-4-10-7(3-1)8(5-13-10)9-6-14-12-11-9/h1-4,6H. The van der Waals surface area contributed by atoms with E-state index >= 15 is 0 Å². The first-order valence-electron chi connectivity index (χ1n) is 4.12. The topological polar surface area (TPSA) is 52.1 Å². The summed E-state index contributed by atoms with van der Waals surface area (Å²) in [4.78, 5) is 0. The van der Waals surface area contributed by atoms with E-state index in [2.05, 4.69) is 21.2 Å². The first-order valence-corrected chi connectivity index (χ1v) is 4.12. The zero-order chi connectivity index (χ0) is 9.38. The molecule has 0 aliphatic heterocycles. The smallest absolute Gasteiger partial charge is 0.181 e. The number of rotatable bonds is 1. The molecule has 0 spiro atoms. The monoisotopic (exact) mass is 185 g/mol. The predicted molar refractivity (Wildman–Crippen MR) is 48.3 cm³/mol. The van der Waals surface area contributed by atoms with E-state index in [0.717, 1.165) is 16.5 Å². The molecule has 1 aromatic carbocycles. The minimum absolute atomic E-state index is 0.634. The number of benzene rings is 1. The van der Waals surface area contributed by atoms with Crippen molar-refractivity contribution in [1.29, 1.82) is 0 Å². The average Bonchev–Trinajstić information content (AvgIpc) is 2.85. The molecule has 3 aromatic rings. The molecule has 0 aliphatic carbocycles. The lowest BCUT2D eigenvalue weighted by molar-refractivity contribution is 0.393. The number of fused-ring (bicyclic) bond motifs is 1. The van der Waals surface area contributed by atoms with Gasteiger partial charge in [0, 0.05) is 10.7 Å². The van der Waals surface area contributed by atoms with Crippen LogP contribution in [-0.4, -0.2) is 10.4 Å². The third-order valence-electron chi connectivity index (χ3n) is 2.04. The fourth-order valence-electron chi connectivity index (χ4n) is 1.39. The zero-order valence-electron chi connectivity index (χ0n) is 7.10. The van der Waals surface area contributed by atoms with E-state index in [4.69, 9.17) is 4.42 Å². The maximum absolute atomic E-state index is 5.24. The van der Waals surface area contributed by atoms with Crippen molar-refractivity contribution < 1.29 is 8.94 Å². The van der Waals surface area contributed by atoms with Crippen molar-refractivity contribution >= 4 is 11.0 Å². The van der Waals surface area contributed by atoms with Crippen LogP contribution in [0.1, 0.15) is 0 Å². The van der Waals surface area contributed by atoms with Gasteiger partial charge in [-0.15, -0.1) is 5.10 Å². The maximum Gasteiger partial charge on any atom is 0.181 e. The number of aromatic nitrogens is 2. The predicted octanol–water partition coefficient (Wildman–Crippen LogP) is 2.28. The van der Waals surface area contributed by atoms with Gasteiger partial charge >= 0.3 is 0 Å². The molecular formula is C10H5N2O2. The quantitative estimate of drug-likeness (QED) is 0.583. The van der Waals surface area contributed by atoms with E-state index < -0.39 is 0 Å². The molecule has 0 aliphatic rings. The van der Waals surface area contributed by atoms with E-state index in [1.165, 1.54) is 6.26 Å². The molecule has 0 saturated heterocycles. The summed E-state index contributed by atoms with van der Waals surface area (Å²) in [5.41, 5.74) is 2.20. The summed E-state index contributed by atoms with van der Waals surface area (Å²) in [5, 5.41) is 8.16. The normalized spacial score (nSPS) is 10.9. The zero-order valence-corrected chi connectivity index (χ0v) is 7.10. The van der Waals surface area contributed by atoms with E-state index in [9.17, 15) is 0 Å². The van der Waals surface area contributed by atoms with Gasteiger partial charge in [-0.3, -0.25) is 0 Å². The van der Waals surface area contributed by atoms with Crippen LogP contribution in [0.15, 0.2) is 39.5 Å². The lowest BCUT2D eigenvalue weighted by Crippen LogP contribution is -1.74. The van der Waals surface area contributed by atoms with Crippen LogP contribution < -0.4 is 0 Å². The van der Waals surface area contributed by atoms with Crippen LogP contribution in [0.3, 0.4) is 0 Å². The van der Waals surface area contributed by atoms with Crippen molar-refractivity contribution in [2.75, 3.05) is 0 Å². The van der Waals surface area contributed by atoms with Gasteiger partial charge in [-0.1, -0.05) is 18.2 Å². The molecule has 0 atom stereocenters. The molecule has 67 valence electrons. The summed E-state index contributed by atoms with van der Waals surface area (Å²) in [6.07, 6.45) is 4.24. The third kappa shape index (κ3) is 0.939. The second-order valence-corrected chi connectivity index (χ2v) is 2.87. The minimum atomic E-state index is 0.634. The molecule has 14 heavy (non-hydrogen) atoms. The van der Waals surface area contributed by atoms with Crippen molar-refractivity contribution in [2.24, 2.45) is 0 Å². The summed E-state index contributed by atoms with van der Waals surface area (Å²) in [7, 11) is 0. The molecule has 0 saturated carbocycles. The molecule has 4 nitrogen and oxygen atoms in total. The summed E-state index contributed by atoms with van der Waals surface area (Å²) in [6.45, 7) is 0. The van der Waals surface area contributed by atoms with Gasteiger partial charge in [0.05, 0.1) is 5.56 Å². The Morgan fingerprint density at radius 3 is 3.00 bits per heavy atom. The Kier molecular flexibility index (Phi) is 1.41. The van der Waals surface area contributed by atoms with Gasteiger partial charge < -0.3 is 8.94 Å². The minimum Gasteiger partial charge on any atom is -0.452 e. The Morgan fingerprint density at radius 2 is 2.14 bits per heavy atom. The lowest BCUT2D eigenvalue weighted by atomic mass is 10.1.